The number of likely N-dealkylation sites (tertiary alicyclic amines) is 1. The summed E-state index contributed by atoms with van der Waals surface area (Å²) in [7, 11) is 1.38. The van der Waals surface area contributed by atoms with Gasteiger partial charge in [0.25, 0.3) is 0 Å². The highest BCUT2D eigenvalue weighted by atomic mass is 35.5. The standard InChI is InChI=1S/C16H23ClN2O2/c1-21-16(20)15(18)9-13-5-3-7-19(11-13)10-12-4-2-6-14(17)8-12/h2,4,6,8,13,15H,3,5,7,9-11,18H2,1H3. The van der Waals surface area contributed by atoms with Crippen molar-refractivity contribution in [3.05, 3.63) is 34.9 Å². The molecule has 2 N–H and O–H groups in total. The minimum Gasteiger partial charge on any atom is -0.468 e. The molecule has 0 aliphatic carbocycles. The number of ether oxygens (including phenoxy) is 1. The molecular weight excluding hydrogens is 288 g/mol. The molecule has 2 unspecified atom stereocenters. The number of methoxy groups -OCH3 is 1. The number of rotatable bonds is 5. The minimum absolute atomic E-state index is 0.318. The number of benzene rings is 1. The van der Waals surface area contributed by atoms with E-state index in [0.717, 1.165) is 37.5 Å². The maximum Gasteiger partial charge on any atom is 0.322 e. The van der Waals surface area contributed by atoms with Gasteiger partial charge in [-0.15, -0.1) is 0 Å². The summed E-state index contributed by atoms with van der Waals surface area (Å²) in [5.74, 6) is 0.133. The second-order valence-corrected chi connectivity index (χ2v) is 6.18. The number of esters is 1. The van der Waals surface area contributed by atoms with Gasteiger partial charge in [0.1, 0.15) is 6.04 Å². The molecule has 1 aliphatic heterocycles. The Morgan fingerprint density at radius 2 is 2.38 bits per heavy atom. The van der Waals surface area contributed by atoms with Crippen LogP contribution < -0.4 is 5.73 Å². The molecule has 1 aromatic rings. The van der Waals surface area contributed by atoms with Gasteiger partial charge in [0.2, 0.25) is 0 Å². The van der Waals surface area contributed by atoms with Crippen LogP contribution in [-0.2, 0) is 16.1 Å². The van der Waals surface area contributed by atoms with E-state index in [2.05, 4.69) is 11.0 Å². The fourth-order valence-electron chi connectivity index (χ4n) is 2.99. The molecule has 1 aromatic carbocycles. The fraction of sp³-hybridized carbons (Fsp3) is 0.562. The van der Waals surface area contributed by atoms with Crippen molar-refractivity contribution in [2.75, 3.05) is 20.2 Å². The number of carbonyl (C=O) groups is 1. The van der Waals surface area contributed by atoms with Gasteiger partial charge in [0.05, 0.1) is 7.11 Å². The van der Waals surface area contributed by atoms with Crippen LogP contribution in [0, 0.1) is 5.92 Å². The van der Waals surface area contributed by atoms with Crippen molar-refractivity contribution in [2.45, 2.75) is 31.8 Å². The van der Waals surface area contributed by atoms with Crippen molar-refractivity contribution in [1.82, 2.24) is 4.90 Å². The lowest BCUT2D eigenvalue weighted by Crippen LogP contribution is -2.40. The summed E-state index contributed by atoms with van der Waals surface area (Å²) >= 11 is 6.02. The molecule has 2 atom stereocenters. The molecular formula is C16H23ClN2O2. The second kappa shape index (κ2) is 7.78. The Kier molecular flexibility index (Phi) is 6.03. The van der Waals surface area contributed by atoms with Crippen LogP contribution >= 0.6 is 11.6 Å². The van der Waals surface area contributed by atoms with Crippen molar-refractivity contribution < 1.29 is 9.53 Å². The minimum atomic E-state index is -0.508. The zero-order valence-corrected chi connectivity index (χ0v) is 13.2. The van der Waals surface area contributed by atoms with Gasteiger partial charge < -0.3 is 10.5 Å². The Morgan fingerprint density at radius 3 is 3.10 bits per heavy atom. The van der Waals surface area contributed by atoms with Crippen molar-refractivity contribution >= 4 is 17.6 Å². The average Bonchev–Trinajstić information content (AvgIpc) is 2.46. The molecule has 116 valence electrons. The van der Waals surface area contributed by atoms with Gasteiger partial charge in [0.15, 0.2) is 0 Å². The van der Waals surface area contributed by atoms with E-state index in [1.165, 1.54) is 12.7 Å². The summed E-state index contributed by atoms with van der Waals surface area (Å²) < 4.78 is 4.70. The molecule has 0 spiro atoms. The molecule has 0 bridgehead atoms. The first-order valence-corrected chi connectivity index (χ1v) is 7.76. The molecule has 1 heterocycles. The highest BCUT2D eigenvalue weighted by Crippen LogP contribution is 2.23. The van der Waals surface area contributed by atoms with E-state index in [4.69, 9.17) is 22.1 Å². The van der Waals surface area contributed by atoms with Crippen molar-refractivity contribution in [3.8, 4) is 0 Å². The number of hydrogen-bond donors (Lipinski definition) is 1. The highest BCUT2D eigenvalue weighted by Gasteiger charge is 2.25. The summed E-state index contributed by atoms with van der Waals surface area (Å²) in [6, 6.07) is 7.46. The molecule has 0 amide bonds. The Hall–Kier alpha value is -1.10. The van der Waals surface area contributed by atoms with E-state index in [0.29, 0.717) is 12.3 Å². The maximum atomic E-state index is 11.4. The molecule has 2 rings (SSSR count). The zero-order chi connectivity index (χ0) is 15.2. The third-order valence-electron chi connectivity index (χ3n) is 3.99. The summed E-state index contributed by atoms with van der Waals surface area (Å²) in [4.78, 5) is 13.8. The van der Waals surface area contributed by atoms with Gasteiger partial charge in [-0.25, -0.2) is 0 Å². The van der Waals surface area contributed by atoms with E-state index in [1.807, 2.05) is 18.2 Å². The molecule has 4 nitrogen and oxygen atoms in total. The molecule has 1 aliphatic rings. The first-order chi connectivity index (χ1) is 10.1. The summed E-state index contributed by atoms with van der Waals surface area (Å²) in [6.07, 6.45) is 2.95. The predicted octanol–water partition coefficient (Wildman–Crippen LogP) is 2.44. The van der Waals surface area contributed by atoms with E-state index in [-0.39, 0.29) is 5.97 Å². The number of nitrogens with two attached hydrogens (primary N) is 1. The van der Waals surface area contributed by atoms with Gasteiger partial charge >= 0.3 is 5.97 Å². The van der Waals surface area contributed by atoms with Crippen LogP contribution in [0.1, 0.15) is 24.8 Å². The second-order valence-electron chi connectivity index (χ2n) is 5.74. The van der Waals surface area contributed by atoms with Crippen molar-refractivity contribution in [1.29, 1.82) is 0 Å². The van der Waals surface area contributed by atoms with E-state index in [9.17, 15) is 4.79 Å². The first kappa shape index (κ1) is 16.3. The van der Waals surface area contributed by atoms with Gasteiger partial charge in [-0.3, -0.25) is 9.69 Å². The van der Waals surface area contributed by atoms with Gasteiger partial charge in [-0.1, -0.05) is 23.7 Å². The van der Waals surface area contributed by atoms with Gasteiger partial charge in [-0.2, -0.15) is 0 Å². The Labute approximate surface area is 131 Å². The van der Waals surface area contributed by atoms with Crippen LogP contribution in [0.3, 0.4) is 0 Å². The van der Waals surface area contributed by atoms with Crippen LogP contribution in [0.15, 0.2) is 24.3 Å². The molecule has 0 aromatic heterocycles. The largest absolute Gasteiger partial charge is 0.468 e. The third-order valence-corrected chi connectivity index (χ3v) is 4.22. The van der Waals surface area contributed by atoms with Crippen LogP contribution in [0.5, 0.6) is 0 Å². The summed E-state index contributed by atoms with van der Waals surface area (Å²) in [5, 5.41) is 0.772. The lowest BCUT2D eigenvalue weighted by Gasteiger charge is -2.33. The van der Waals surface area contributed by atoms with Crippen molar-refractivity contribution in [2.24, 2.45) is 11.7 Å². The molecule has 5 heteroatoms. The summed E-state index contributed by atoms with van der Waals surface area (Å²) in [5.41, 5.74) is 7.09. The third kappa shape index (κ3) is 4.99. The van der Waals surface area contributed by atoms with E-state index >= 15 is 0 Å². The smallest absolute Gasteiger partial charge is 0.322 e. The Morgan fingerprint density at radius 1 is 1.57 bits per heavy atom. The molecule has 0 radical (unpaired) electrons. The van der Waals surface area contributed by atoms with Crippen LogP contribution in [-0.4, -0.2) is 37.1 Å². The number of hydrogen-bond acceptors (Lipinski definition) is 4. The van der Waals surface area contributed by atoms with Crippen LogP contribution in [0.4, 0.5) is 0 Å². The number of halogens is 1. The first-order valence-electron chi connectivity index (χ1n) is 7.38. The number of piperidine rings is 1. The van der Waals surface area contributed by atoms with Crippen LogP contribution in [0.25, 0.3) is 0 Å². The monoisotopic (exact) mass is 310 g/mol. The lowest BCUT2D eigenvalue weighted by atomic mass is 9.91. The average molecular weight is 311 g/mol. The number of carbonyl (C=O) groups excluding carboxylic acids is 1. The molecule has 1 fully saturated rings. The van der Waals surface area contributed by atoms with Gasteiger partial charge in [-0.05, 0) is 49.4 Å². The number of nitrogens with zero attached hydrogens (tertiary/aromatic N) is 1. The SMILES string of the molecule is COC(=O)C(N)CC1CCCN(Cc2cccc(Cl)c2)C1. The fourth-order valence-corrected chi connectivity index (χ4v) is 3.20. The van der Waals surface area contributed by atoms with E-state index < -0.39 is 6.04 Å². The van der Waals surface area contributed by atoms with E-state index in [1.54, 1.807) is 0 Å². The highest BCUT2D eigenvalue weighted by molar-refractivity contribution is 6.30. The Balaban J connectivity index is 1.87. The maximum absolute atomic E-state index is 11.4. The van der Waals surface area contributed by atoms with Crippen molar-refractivity contribution in [3.63, 3.8) is 0 Å². The predicted molar refractivity (Wildman–Crippen MR) is 84.1 cm³/mol. The van der Waals surface area contributed by atoms with Gasteiger partial charge in [0, 0.05) is 18.1 Å². The topological polar surface area (TPSA) is 55.6 Å². The normalized spacial score (nSPS) is 21.0. The molecule has 0 saturated carbocycles. The van der Waals surface area contributed by atoms with Crippen LogP contribution in [0.2, 0.25) is 5.02 Å². The Bertz CT molecular complexity index is 481. The quantitative estimate of drug-likeness (QED) is 0.849. The summed E-state index contributed by atoms with van der Waals surface area (Å²) in [6.45, 7) is 2.94. The lowest BCUT2D eigenvalue weighted by molar-refractivity contribution is -0.142. The molecule has 21 heavy (non-hydrogen) atoms. The molecule has 1 saturated heterocycles. The zero-order valence-electron chi connectivity index (χ0n) is 12.4.